The first-order chi connectivity index (χ1) is 13.5. The Balaban J connectivity index is 1.52. The van der Waals surface area contributed by atoms with Gasteiger partial charge in [0.25, 0.3) is 5.91 Å². The van der Waals surface area contributed by atoms with Crippen LogP contribution in [0, 0.1) is 6.92 Å². The van der Waals surface area contributed by atoms with Gasteiger partial charge in [0, 0.05) is 44.0 Å². The predicted octanol–water partition coefficient (Wildman–Crippen LogP) is 3.75. The molecule has 3 aromatic rings. The van der Waals surface area contributed by atoms with Gasteiger partial charge < -0.3 is 9.80 Å². The third kappa shape index (κ3) is 3.40. The van der Waals surface area contributed by atoms with Crippen molar-refractivity contribution in [2.45, 2.75) is 19.9 Å². The van der Waals surface area contributed by atoms with Crippen LogP contribution in [0.15, 0.2) is 60.7 Å². The minimum Gasteiger partial charge on any atom is -0.367 e. The molecule has 0 aliphatic carbocycles. The zero-order chi connectivity index (χ0) is 19.7. The second kappa shape index (κ2) is 7.50. The molecule has 1 atom stereocenters. The van der Waals surface area contributed by atoms with Gasteiger partial charge >= 0.3 is 0 Å². The molecule has 0 radical (unpaired) electrons. The summed E-state index contributed by atoms with van der Waals surface area (Å²) in [4.78, 5) is 17.6. The quantitative estimate of drug-likeness (QED) is 0.701. The lowest BCUT2D eigenvalue weighted by atomic mass is 10.1. The minimum atomic E-state index is 0.0501. The zero-order valence-corrected chi connectivity index (χ0v) is 16.7. The fraction of sp³-hybridized carbons (Fsp3) is 0.304. The van der Waals surface area contributed by atoms with Gasteiger partial charge in [0.1, 0.15) is 5.69 Å². The van der Waals surface area contributed by atoms with Gasteiger partial charge in [-0.2, -0.15) is 5.10 Å². The average molecular weight is 374 g/mol. The number of carbonyl (C=O) groups excluding carboxylic acids is 1. The number of nitrogens with zero attached hydrogens (tertiary/aromatic N) is 4. The summed E-state index contributed by atoms with van der Waals surface area (Å²) in [6, 6.07) is 20.4. The van der Waals surface area contributed by atoms with Crippen LogP contribution in [0.3, 0.4) is 0 Å². The Labute approximate surface area is 166 Å². The summed E-state index contributed by atoms with van der Waals surface area (Å²) in [5.74, 6) is 0.0501. The topological polar surface area (TPSA) is 41.4 Å². The predicted molar refractivity (Wildman–Crippen MR) is 113 cm³/mol. The monoisotopic (exact) mass is 374 g/mol. The molecule has 5 heteroatoms. The summed E-state index contributed by atoms with van der Waals surface area (Å²) in [6.07, 6.45) is 0. The second-order valence-electron chi connectivity index (χ2n) is 7.48. The third-order valence-electron chi connectivity index (χ3n) is 5.51. The highest BCUT2D eigenvalue weighted by Crippen LogP contribution is 2.25. The molecular formula is C23H26N4O. The Kier molecular flexibility index (Phi) is 4.90. The van der Waals surface area contributed by atoms with Crippen LogP contribution in [0.5, 0.6) is 0 Å². The van der Waals surface area contributed by atoms with E-state index in [4.69, 9.17) is 0 Å². The summed E-state index contributed by atoms with van der Waals surface area (Å²) < 4.78 is 1.70. The Morgan fingerprint density at radius 1 is 1.04 bits per heavy atom. The molecule has 0 N–H and O–H groups in total. The Hall–Kier alpha value is -3.08. The normalized spacial score (nSPS) is 17.0. The molecule has 5 nitrogen and oxygen atoms in total. The molecule has 1 aromatic heterocycles. The van der Waals surface area contributed by atoms with E-state index in [1.807, 2.05) is 48.3 Å². The average Bonchev–Trinajstić information content (AvgIpc) is 3.10. The van der Waals surface area contributed by atoms with Crippen LogP contribution in [0.1, 0.15) is 23.0 Å². The van der Waals surface area contributed by atoms with E-state index in [1.165, 1.54) is 11.3 Å². The van der Waals surface area contributed by atoms with Gasteiger partial charge in [-0.25, -0.2) is 0 Å². The van der Waals surface area contributed by atoms with Gasteiger partial charge in [0.05, 0.1) is 5.69 Å². The lowest BCUT2D eigenvalue weighted by Gasteiger charge is -2.41. The number of aryl methyl sites for hydroxylation is 2. The first-order valence-electron chi connectivity index (χ1n) is 9.75. The number of benzene rings is 2. The fourth-order valence-electron chi connectivity index (χ4n) is 3.96. The van der Waals surface area contributed by atoms with Gasteiger partial charge in [0.15, 0.2) is 0 Å². The number of anilines is 1. The van der Waals surface area contributed by atoms with Gasteiger partial charge in [-0.3, -0.25) is 9.48 Å². The van der Waals surface area contributed by atoms with Crippen molar-refractivity contribution in [3.8, 4) is 11.3 Å². The van der Waals surface area contributed by atoms with Crippen molar-refractivity contribution in [3.05, 3.63) is 71.9 Å². The van der Waals surface area contributed by atoms with E-state index in [-0.39, 0.29) is 11.9 Å². The van der Waals surface area contributed by atoms with Crippen LogP contribution < -0.4 is 4.90 Å². The molecule has 0 saturated carbocycles. The van der Waals surface area contributed by atoms with Crippen LogP contribution in [0.4, 0.5) is 5.69 Å². The highest BCUT2D eigenvalue weighted by molar-refractivity contribution is 5.94. The zero-order valence-electron chi connectivity index (χ0n) is 16.7. The molecule has 1 aliphatic rings. The van der Waals surface area contributed by atoms with Gasteiger partial charge in [-0.1, -0.05) is 48.5 Å². The first-order valence-corrected chi connectivity index (χ1v) is 9.75. The molecule has 0 bridgehead atoms. The number of carbonyl (C=O) groups is 1. The number of aromatic nitrogens is 2. The van der Waals surface area contributed by atoms with E-state index in [9.17, 15) is 4.79 Å². The molecule has 28 heavy (non-hydrogen) atoms. The maximum absolute atomic E-state index is 13.2. The van der Waals surface area contributed by atoms with Crippen molar-refractivity contribution in [1.29, 1.82) is 0 Å². The number of para-hydroxylation sites is 1. The molecule has 0 unspecified atom stereocenters. The number of rotatable bonds is 3. The summed E-state index contributed by atoms with van der Waals surface area (Å²) >= 11 is 0. The standard InChI is InChI=1S/C23H26N4O/c1-17-9-7-8-12-21(17)26-13-14-27(18(2)16-26)23(28)22-15-20(24-25(22)3)19-10-5-4-6-11-19/h4-12,15,18H,13-14,16H2,1-3H3/t18-/m0/s1. The number of hydrogen-bond donors (Lipinski definition) is 0. The molecule has 1 saturated heterocycles. The summed E-state index contributed by atoms with van der Waals surface area (Å²) in [5, 5.41) is 4.55. The smallest absolute Gasteiger partial charge is 0.272 e. The second-order valence-corrected chi connectivity index (χ2v) is 7.48. The molecular weight excluding hydrogens is 348 g/mol. The SMILES string of the molecule is Cc1ccccc1N1CCN(C(=O)c2cc(-c3ccccc3)nn2C)[C@@H](C)C1. The first kappa shape index (κ1) is 18.3. The summed E-state index contributed by atoms with van der Waals surface area (Å²) in [5.41, 5.74) is 5.02. The molecule has 2 heterocycles. The molecule has 0 spiro atoms. The fourth-order valence-corrected chi connectivity index (χ4v) is 3.96. The van der Waals surface area contributed by atoms with E-state index >= 15 is 0 Å². The maximum Gasteiger partial charge on any atom is 0.272 e. The lowest BCUT2D eigenvalue weighted by Crippen LogP contribution is -2.54. The van der Waals surface area contributed by atoms with Crippen LogP contribution >= 0.6 is 0 Å². The molecule has 4 rings (SSSR count). The highest BCUT2D eigenvalue weighted by atomic mass is 16.2. The van der Waals surface area contributed by atoms with E-state index in [0.29, 0.717) is 12.2 Å². The van der Waals surface area contributed by atoms with E-state index in [1.54, 1.807) is 4.68 Å². The maximum atomic E-state index is 13.2. The summed E-state index contributed by atoms with van der Waals surface area (Å²) in [7, 11) is 1.84. The van der Waals surface area contributed by atoms with Crippen LogP contribution in [-0.4, -0.2) is 46.3 Å². The molecule has 1 fully saturated rings. The van der Waals surface area contributed by atoms with E-state index < -0.39 is 0 Å². The largest absolute Gasteiger partial charge is 0.367 e. The van der Waals surface area contributed by atoms with Crippen molar-refractivity contribution in [1.82, 2.24) is 14.7 Å². The number of amides is 1. The number of hydrogen-bond acceptors (Lipinski definition) is 3. The van der Waals surface area contributed by atoms with Crippen LogP contribution in [0.2, 0.25) is 0 Å². The lowest BCUT2D eigenvalue weighted by molar-refractivity contribution is 0.0663. The van der Waals surface area contributed by atoms with Crippen molar-refractivity contribution in [3.63, 3.8) is 0 Å². The van der Waals surface area contributed by atoms with Crippen LogP contribution in [0.25, 0.3) is 11.3 Å². The minimum absolute atomic E-state index is 0.0501. The number of piperazine rings is 1. The Morgan fingerprint density at radius 3 is 2.46 bits per heavy atom. The summed E-state index contributed by atoms with van der Waals surface area (Å²) in [6.45, 7) is 6.64. The molecule has 144 valence electrons. The van der Waals surface area contributed by atoms with Gasteiger partial charge in [-0.15, -0.1) is 0 Å². The molecule has 1 amide bonds. The van der Waals surface area contributed by atoms with Gasteiger partial charge in [-0.05, 0) is 31.5 Å². The van der Waals surface area contributed by atoms with E-state index in [0.717, 1.165) is 24.3 Å². The Bertz CT molecular complexity index is 979. The van der Waals surface area contributed by atoms with Crippen LogP contribution in [-0.2, 0) is 7.05 Å². The van der Waals surface area contributed by atoms with Crippen molar-refractivity contribution >= 4 is 11.6 Å². The van der Waals surface area contributed by atoms with E-state index in [2.05, 4.69) is 48.1 Å². The Morgan fingerprint density at radius 2 is 1.75 bits per heavy atom. The third-order valence-corrected chi connectivity index (χ3v) is 5.51. The highest BCUT2D eigenvalue weighted by Gasteiger charge is 2.30. The van der Waals surface area contributed by atoms with Gasteiger partial charge in [0.2, 0.25) is 0 Å². The van der Waals surface area contributed by atoms with Crippen molar-refractivity contribution in [2.75, 3.05) is 24.5 Å². The molecule has 1 aliphatic heterocycles. The molecule has 2 aromatic carbocycles. The van der Waals surface area contributed by atoms with Crippen molar-refractivity contribution in [2.24, 2.45) is 7.05 Å². The van der Waals surface area contributed by atoms with Crippen molar-refractivity contribution < 1.29 is 4.79 Å².